The van der Waals surface area contributed by atoms with Gasteiger partial charge in [0.25, 0.3) is 11.8 Å². The molecule has 2 saturated heterocycles. The molecule has 0 saturated carbocycles. The SMILES string of the molecule is CCNc1nnc(-c2ccc(N3CCN(C4CCN(C(=O)c5ccc(F)c(F)c5)CC4)[C@@H](CC)C3)c(C)n2)o1. The van der Waals surface area contributed by atoms with Crippen LogP contribution in [0, 0.1) is 18.6 Å². The van der Waals surface area contributed by atoms with Crippen LogP contribution in [0.15, 0.2) is 34.7 Å². The second kappa shape index (κ2) is 11.6. The fourth-order valence-corrected chi connectivity index (χ4v) is 5.70. The lowest BCUT2D eigenvalue weighted by Gasteiger charge is -2.48. The van der Waals surface area contributed by atoms with Gasteiger partial charge in [-0.25, -0.2) is 13.8 Å². The number of nitrogens with one attached hydrogen (secondary N) is 1. The first-order valence-corrected chi connectivity index (χ1v) is 13.7. The molecule has 2 aromatic heterocycles. The molecular formula is C28H35F2N7O2. The zero-order valence-electron chi connectivity index (χ0n) is 22.7. The summed E-state index contributed by atoms with van der Waals surface area (Å²) in [6.45, 7) is 10.8. The van der Waals surface area contributed by atoms with Crippen molar-refractivity contribution in [1.82, 2.24) is 25.0 Å². The quantitative estimate of drug-likeness (QED) is 0.474. The van der Waals surface area contributed by atoms with Crippen LogP contribution in [0.25, 0.3) is 11.6 Å². The van der Waals surface area contributed by atoms with E-state index in [4.69, 9.17) is 9.40 Å². The van der Waals surface area contributed by atoms with Crippen LogP contribution >= 0.6 is 0 Å². The molecule has 0 radical (unpaired) electrons. The summed E-state index contributed by atoms with van der Waals surface area (Å²) in [7, 11) is 0. The van der Waals surface area contributed by atoms with Crippen LogP contribution in [0.3, 0.4) is 0 Å². The monoisotopic (exact) mass is 539 g/mol. The number of anilines is 2. The maximum absolute atomic E-state index is 13.6. The summed E-state index contributed by atoms with van der Waals surface area (Å²) in [6, 6.07) is 8.52. The van der Waals surface area contributed by atoms with Gasteiger partial charge in [0.05, 0.1) is 11.4 Å². The number of carbonyl (C=O) groups excluding carboxylic acids is 1. The van der Waals surface area contributed by atoms with E-state index in [0.29, 0.717) is 49.3 Å². The molecule has 0 bridgehead atoms. The van der Waals surface area contributed by atoms with Crippen molar-refractivity contribution in [2.45, 2.75) is 52.1 Å². The molecule has 1 aromatic carbocycles. The topological polar surface area (TPSA) is 90.6 Å². The minimum atomic E-state index is -0.993. The van der Waals surface area contributed by atoms with Gasteiger partial charge in [0.15, 0.2) is 11.6 Å². The Bertz CT molecular complexity index is 1310. The summed E-state index contributed by atoms with van der Waals surface area (Å²) >= 11 is 0. The van der Waals surface area contributed by atoms with Crippen LogP contribution in [-0.4, -0.2) is 82.2 Å². The highest BCUT2D eigenvalue weighted by Gasteiger charge is 2.34. The second-order valence-corrected chi connectivity index (χ2v) is 10.1. The highest BCUT2D eigenvalue weighted by molar-refractivity contribution is 5.94. The molecule has 2 fully saturated rings. The van der Waals surface area contributed by atoms with Gasteiger partial charge in [-0.1, -0.05) is 12.0 Å². The number of rotatable bonds is 7. The van der Waals surface area contributed by atoms with Crippen molar-refractivity contribution in [2.75, 3.05) is 49.5 Å². The second-order valence-electron chi connectivity index (χ2n) is 10.1. The molecule has 208 valence electrons. The Balaban J connectivity index is 1.20. The van der Waals surface area contributed by atoms with Crippen LogP contribution in [0.5, 0.6) is 0 Å². The van der Waals surface area contributed by atoms with Gasteiger partial charge < -0.3 is 19.5 Å². The molecular weight excluding hydrogens is 504 g/mol. The Morgan fingerprint density at radius 2 is 1.85 bits per heavy atom. The smallest absolute Gasteiger partial charge is 0.315 e. The molecule has 2 aliphatic rings. The number of piperidine rings is 1. The maximum atomic E-state index is 13.6. The third-order valence-corrected chi connectivity index (χ3v) is 7.76. The van der Waals surface area contributed by atoms with E-state index in [1.54, 1.807) is 4.90 Å². The highest BCUT2D eigenvalue weighted by Crippen LogP contribution is 2.29. The molecule has 11 heteroatoms. The molecule has 2 aliphatic heterocycles. The van der Waals surface area contributed by atoms with Crippen molar-refractivity contribution in [2.24, 2.45) is 0 Å². The lowest BCUT2D eigenvalue weighted by Crippen LogP contribution is -2.58. The fraction of sp³-hybridized carbons (Fsp3) is 0.500. The molecule has 0 unspecified atom stereocenters. The van der Waals surface area contributed by atoms with E-state index in [-0.39, 0.29) is 11.5 Å². The van der Waals surface area contributed by atoms with E-state index >= 15 is 0 Å². The zero-order chi connectivity index (χ0) is 27.5. The molecule has 1 N–H and O–H groups in total. The Morgan fingerprint density at radius 1 is 1.05 bits per heavy atom. The van der Waals surface area contributed by atoms with Crippen molar-refractivity contribution < 1.29 is 18.0 Å². The minimum Gasteiger partial charge on any atom is -0.402 e. The fourth-order valence-electron chi connectivity index (χ4n) is 5.70. The van der Waals surface area contributed by atoms with E-state index in [1.165, 1.54) is 6.07 Å². The van der Waals surface area contributed by atoms with E-state index in [9.17, 15) is 13.6 Å². The Hall–Kier alpha value is -3.60. The number of nitrogens with zero attached hydrogens (tertiary/aromatic N) is 6. The van der Waals surface area contributed by atoms with Crippen LogP contribution < -0.4 is 10.2 Å². The summed E-state index contributed by atoms with van der Waals surface area (Å²) in [6.07, 6.45) is 2.74. The highest BCUT2D eigenvalue weighted by atomic mass is 19.2. The van der Waals surface area contributed by atoms with Gasteiger partial charge in [0.2, 0.25) is 0 Å². The zero-order valence-corrected chi connectivity index (χ0v) is 22.7. The average Bonchev–Trinajstić information content (AvgIpc) is 3.43. The number of halogens is 2. The lowest BCUT2D eigenvalue weighted by molar-refractivity contribution is 0.0491. The molecule has 0 spiro atoms. The predicted molar refractivity (Wildman–Crippen MR) is 145 cm³/mol. The van der Waals surface area contributed by atoms with Crippen LogP contribution in [0.1, 0.15) is 49.2 Å². The number of pyridine rings is 1. The van der Waals surface area contributed by atoms with Crippen molar-refractivity contribution in [1.29, 1.82) is 0 Å². The van der Waals surface area contributed by atoms with Gasteiger partial charge >= 0.3 is 6.01 Å². The van der Waals surface area contributed by atoms with Crippen LogP contribution in [-0.2, 0) is 0 Å². The number of piperazine rings is 1. The van der Waals surface area contributed by atoms with Gasteiger partial charge in [-0.3, -0.25) is 9.69 Å². The molecule has 3 aromatic rings. The van der Waals surface area contributed by atoms with Gasteiger partial charge in [-0.05, 0) is 63.4 Å². The van der Waals surface area contributed by atoms with E-state index in [2.05, 4.69) is 38.3 Å². The number of benzene rings is 1. The summed E-state index contributed by atoms with van der Waals surface area (Å²) in [5, 5.41) is 11.1. The molecule has 1 amide bonds. The average molecular weight is 540 g/mol. The predicted octanol–water partition coefficient (Wildman–Crippen LogP) is 4.36. The number of hydrogen-bond acceptors (Lipinski definition) is 8. The van der Waals surface area contributed by atoms with Gasteiger partial charge in [0.1, 0.15) is 5.69 Å². The molecule has 5 rings (SSSR count). The normalized spacial score (nSPS) is 18.9. The molecule has 1 atom stereocenters. The van der Waals surface area contributed by atoms with Crippen LogP contribution in [0.2, 0.25) is 0 Å². The summed E-state index contributed by atoms with van der Waals surface area (Å²) in [5.74, 6) is -1.78. The van der Waals surface area contributed by atoms with E-state index in [0.717, 1.165) is 62.4 Å². The molecule has 4 heterocycles. The van der Waals surface area contributed by atoms with Crippen molar-refractivity contribution in [3.8, 4) is 11.6 Å². The molecule has 9 nitrogen and oxygen atoms in total. The lowest BCUT2D eigenvalue weighted by atomic mass is 9.97. The first-order valence-electron chi connectivity index (χ1n) is 13.7. The van der Waals surface area contributed by atoms with Gasteiger partial charge in [-0.2, -0.15) is 0 Å². The van der Waals surface area contributed by atoms with Crippen LogP contribution in [0.4, 0.5) is 20.5 Å². The largest absolute Gasteiger partial charge is 0.402 e. The standard InChI is InChI=1S/C28H35F2N7O2/c1-4-20-17-36(25-9-8-24(32-18(25)3)26-33-34-28(39-26)31-5-2)14-15-37(20)21-10-12-35(13-11-21)27(38)19-6-7-22(29)23(30)16-19/h6-9,16,20-21H,4-5,10-15,17H2,1-3H3,(H,31,34)/t20-/m0/s1. The number of aromatic nitrogens is 3. The maximum Gasteiger partial charge on any atom is 0.315 e. The molecule has 39 heavy (non-hydrogen) atoms. The number of aryl methyl sites for hydroxylation is 1. The van der Waals surface area contributed by atoms with E-state index in [1.807, 2.05) is 19.9 Å². The Kier molecular flexibility index (Phi) is 8.06. The molecule has 0 aliphatic carbocycles. The van der Waals surface area contributed by atoms with Crippen molar-refractivity contribution in [3.63, 3.8) is 0 Å². The van der Waals surface area contributed by atoms with Gasteiger partial charge in [0, 0.05) is 56.9 Å². The number of amides is 1. The number of carbonyl (C=O) groups is 1. The van der Waals surface area contributed by atoms with Crippen molar-refractivity contribution in [3.05, 3.63) is 53.2 Å². The summed E-state index contributed by atoms with van der Waals surface area (Å²) in [4.78, 5) is 24.3. The van der Waals surface area contributed by atoms with Crippen molar-refractivity contribution >= 4 is 17.6 Å². The Labute approximate surface area is 227 Å². The summed E-state index contributed by atoms with van der Waals surface area (Å²) in [5.41, 5.74) is 2.88. The van der Waals surface area contributed by atoms with E-state index < -0.39 is 11.6 Å². The number of hydrogen-bond donors (Lipinski definition) is 1. The minimum absolute atomic E-state index is 0.194. The first kappa shape index (κ1) is 27.0. The summed E-state index contributed by atoms with van der Waals surface area (Å²) < 4.78 is 32.6. The number of likely N-dealkylation sites (tertiary alicyclic amines) is 1. The Morgan fingerprint density at radius 3 is 2.54 bits per heavy atom. The first-order chi connectivity index (χ1) is 18.9. The third kappa shape index (κ3) is 5.73. The van der Waals surface area contributed by atoms with Gasteiger partial charge in [-0.15, -0.1) is 5.10 Å². The third-order valence-electron chi connectivity index (χ3n) is 7.76.